The Kier molecular flexibility index (Phi) is 3.11. The standard InChI is InChI=1S/C11H18N2O/c1-11(2,3)10(12)8-5-6-13-9(7-8)14-4/h5-7,10H,12H2,1-4H3. The van der Waals surface area contributed by atoms with E-state index < -0.39 is 0 Å². The molecule has 3 nitrogen and oxygen atoms in total. The van der Waals surface area contributed by atoms with Crippen LogP contribution in [-0.2, 0) is 0 Å². The second-order valence-corrected chi connectivity index (χ2v) is 4.48. The lowest BCUT2D eigenvalue weighted by Crippen LogP contribution is -2.26. The fourth-order valence-corrected chi connectivity index (χ4v) is 1.23. The van der Waals surface area contributed by atoms with Gasteiger partial charge in [-0.1, -0.05) is 20.8 Å². The number of nitrogens with zero attached hydrogens (tertiary/aromatic N) is 1. The van der Waals surface area contributed by atoms with Crippen molar-refractivity contribution in [3.63, 3.8) is 0 Å². The Morgan fingerprint density at radius 1 is 1.43 bits per heavy atom. The van der Waals surface area contributed by atoms with Crippen LogP contribution < -0.4 is 10.5 Å². The molecular weight excluding hydrogens is 176 g/mol. The van der Waals surface area contributed by atoms with Gasteiger partial charge in [0.25, 0.3) is 0 Å². The summed E-state index contributed by atoms with van der Waals surface area (Å²) in [6.07, 6.45) is 1.72. The molecule has 0 radical (unpaired) electrons. The molecule has 1 atom stereocenters. The number of hydrogen-bond donors (Lipinski definition) is 1. The second kappa shape index (κ2) is 3.96. The fourth-order valence-electron chi connectivity index (χ4n) is 1.23. The van der Waals surface area contributed by atoms with E-state index in [9.17, 15) is 0 Å². The normalized spacial score (nSPS) is 13.8. The van der Waals surface area contributed by atoms with Crippen molar-refractivity contribution in [2.45, 2.75) is 26.8 Å². The number of nitrogens with two attached hydrogens (primary N) is 1. The number of methoxy groups -OCH3 is 1. The molecular formula is C11H18N2O. The van der Waals surface area contributed by atoms with Crippen LogP contribution in [0.3, 0.4) is 0 Å². The molecule has 1 unspecified atom stereocenters. The number of ether oxygens (including phenoxy) is 1. The summed E-state index contributed by atoms with van der Waals surface area (Å²) in [5.74, 6) is 0.613. The van der Waals surface area contributed by atoms with Gasteiger partial charge in [0.1, 0.15) is 0 Å². The van der Waals surface area contributed by atoms with Gasteiger partial charge in [-0.2, -0.15) is 0 Å². The van der Waals surface area contributed by atoms with Crippen molar-refractivity contribution in [1.82, 2.24) is 4.98 Å². The van der Waals surface area contributed by atoms with Crippen molar-refractivity contribution in [2.75, 3.05) is 7.11 Å². The maximum Gasteiger partial charge on any atom is 0.213 e. The topological polar surface area (TPSA) is 48.1 Å². The first kappa shape index (κ1) is 11.0. The predicted octanol–water partition coefficient (Wildman–Crippen LogP) is 2.14. The average Bonchev–Trinajstić information content (AvgIpc) is 2.15. The minimum absolute atomic E-state index is 0.000556. The molecule has 14 heavy (non-hydrogen) atoms. The summed E-state index contributed by atoms with van der Waals surface area (Å²) in [6, 6.07) is 3.81. The Labute approximate surface area is 85.3 Å². The Balaban J connectivity index is 2.95. The Bertz CT molecular complexity index is 304. The largest absolute Gasteiger partial charge is 0.481 e. The Morgan fingerprint density at radius 2 is 2.07 bits per heavy atom. The maximum absolute atomic E-state index is 6.11. The molecule has 0 fully saturated rings. The van der Waals surface area contributed by atoms with Crippen molar-refractivity contribution in [1.29, 1.82) is 0 Å². The highest BCUT2D eigenvalue weighted by atomic mass is 16.5. The van der Waals surface area contributed by atoms with E-state index in [1.165, 1.54) is 0 Å². The summed E-state index contributed by atoms with van der Waals surface area (Å²) in [5.41, 5.74) is 7.22. The van der Waals surface area contributed by atoms with E-state index in [4.69, 9.17) is 10.5 Å². The Morgan fingerprint density at radius 3 is 2.57 bits per heavy atom. The van der Waals surface area contributed by atoms with Gasteiger partial charge in [-0.05, 0) is 17.0 Å². The summed E-state index contributed by atoms with van der Waals surface area (Å²) in [5, 5.41) is 0. The van der Waals surface area contributed by atoms with Crippen molar-refractivity contribution < 1.29 is 4.74 Å². The molecule has 0 saturated heterocycles. The van der Waals surface area contributed by atoms with Crippen LogP contribution in [0.25, 0.3) is 0 Å². The number of pyridine rings is 1. The van der Waals surface area contributed by atoms with Gasteiger partial charge in [0.2, 0.25) is 5.88 Å². The highest BCUT2D eigenvalue weighted by Crippen LogP contribution is 2.30. The molecule has 0 saturated carbocycles. The van der Waals surface area contributed by atoms with E-state index in [0.29, 0.717) is 5.88 Å². The molecule has 1 heterocycles. The van der Waals surface area contributed by atoms with Gasteiger partial charge in [0.15, 0.2) is 0 Å². The lowest BCUT2D eigenvalue weighted by molar-refractivity contribution is 0.324. The lowest BCUT2D eigenvalue weighted by Gasteiger charge is -2.27. The zero-order valence-corrected chi connectivity index (χ0v) is 9.24. The maximum atomic E-state index is 6.11. The third kappa shape index (κ3) is 2.45. The highest BCUT2D eigenvalue weighted by molar-refractivity contribution is 5.24. The second-order valence-electron chi connectivity index (χ2n) is 4.48. The number of rotatable bonds is 2. The third-order valence-electron chi connectivity index (χ3n) is 2.26. The summed E-state index contributed by atoms with van der Waals surface area (Å²) < 4.78 is 5.05. The van der Waals surface area contributed by atoms with Crippen LogP contribution in [0.5, 0.6) is 5.88 Å². The van der Waals surface area contributed by atoms with Gasteiger partial charge in [-0.25, -0.2) is 4.98 Å². The molecule has 1 aromatic rings. The minimum atomic E-state index is -0.000556. The van der Waals surface area contributed by atoms with Crippen molar-refractivity contribution in [3.05, 3.63) is 23.9 Å². The Hall–Kier alpha value is -1.09. The number of hydrogen-bond acceptors (Lipinski definition) is 3. The zero-order valence-electron chi connectivity index (χ0n) is 9.24. The minimum Gasteiger partial charge on any atom is -0.481 e. The van der Waals surface area contributed by atoms with Crippen LogP contribution in [0, 0.1) is 5.41 Å². The molecule has 78 valence electrons. The lowest BCUT2D eigenvalue weighted by atomic mass is 9.83. The van der Waals surface area contributed by atoms with E-state index in [2.05, 4.69) is 25.8 Å². The van der Waals surface area contributed by atoms with Crippen molar-refractivity contribution in [2.24, 2.45) is 11.1 Å². The molecule has 0 aliphatic rings. The van der Waals surface area contributed by atoms with Crippen LogP contribution in [0.4, 0.5) is 0 Å². The summed E-state index contributed by atoms with van der Waals surface area (Å²) in [6.45, 7) is 6.35. The summed E-state index contributed by atoms with van der Waals surface area (Å²) in [7, 11) is 1.61. The molecule has 0 aliphatic carbocycles. The molecule has 0 bridgehead atoms. The number of aromatic nitrogens is 1. The molecule has 2 N–H and O–H groups in total. The van der Waals surface area contributed by atoms with Crippen LogP contribution in [0.15, 0.2) is 18.3 Å². The molecule has 0 amide bonds. The molecule has 0 aliphatic heterocycles. The van der Waals surface area contributed by atoms with Crippen LogP contribution in [0.2, 0.25) is 0 Å². The van der Waals surface area contributed by atoms with Gasteiger partial charge < -0.3 is 10.5 Å². The fraction of sp³-hybridized carbons (Fsp3) is 0.545. The summed E-state index contributed by atoms with van der Waals surface area (Å²) >= 11 is 0. The van der Waals surface area contributed by atoms with E-state index in [0.717, 1.165) is 5.56 Å². The van der Waals surface area contributed by atoms with Gasteiger partial charge in [-0.15, -0.1) is 0 Å². The first-order chi connectivity index (χ1) is 6.45. The van der Waals surface area contributed by atoms with Gasteiger partial charge in [-0.3, -0.25) is 0 Å². The van der Waals surface area contributed by atoms with Crippen LogP contribution in [-0.4, -0.2) is 12.1 Å². The average molecular weight is 194 g/mol. The molecule has 1 rings (SSSR count). The van der Waals surface area contributed by atoms with Gasteiger partial charge >= 0.3 is 0 Å². The molecule has 0 aromatic carbocycles. The monoisotopic (exact) mass is 194 g/mol. The quantitative estimate of drug-likeness (QED) is 0.784. The third-order valence-corrected chi connectivity index (χ3v) is 2.26. The van der Waals surface area contributed by atoms with Gasteiger partial charge in [0, 0.05) is 18.3 Å². The van der Waals surface area contributed by atoms with Crippen LogP contribution >= 0.6 is 0 Å². The summed E-state index contributed by atoms with van der Waals surface area (Å²) in [4.78, 5) is 4.04. The van der Waals surface area contributed by atoms with Crippen LogP contribution in [0.1, 0.15) is 32.4 Å². The predicted molar refractivity (Wildman–Crippen MR) is 57.2 cm³/mol. The zero-order chi connectivity index (χ0) is 10.8. The smallest absolute Gasteiger partial charge is 0.213 e. The first-order valence-corrected chi connectivity index (χ1v) is 4.70. The first-order valence-electron chi connectivity index (χ1n) is 4.70. The van der Waals surface area contributed by atoms with E-state index >= 15 is 0 Å². The van der Waals surface area contributed by atoms with E-state index in [-0.39, 0.29) is 11.5 Å². The van der Waals surface area contributed by atoms with E-state index in [1.54, 1.807) is 13.3 Å². The highest BCUT2D eigenvalue weighted by Gasteiger charge is 2.22. The van der Waals surface area contributed by atoms with Crippen molar-refractivity contribution in [3.8, 4) is 5.88 Å². The molecule has 1 aromatic heterocycles. The van der Waals surface area contributed by atoms with Gasteiger partial charge in [0.05, 0.1) is 7.11 Å². The van der Waals surface area contributed by atoms with Crippen molar-refractivity contribution >= 4 is 0 Å². The van der Waals surface area contributed by atoms with E-state index in [1.807, 2.05) is 12.1 Å². The SMILES string of the molecule is COc1cc(C(N)C(C)(C)C)ccn1. The molecule has 3 heteroatoms. The molecule has 0 spiro atoms.